The predicted molar refractivity (Wildman–Crippen MR) is 79.4 cm³/mol. The third-order valence-electron chi connectivity index (χ3n) is 3.44. The Morgan fingerprint density at radius 2 is 2.33 bits per heavy atom. The summed E-state index contributed by atoms with van der Waals surface area (Å²) in [7, 11) is 0. The van der Waals surface area contributed by atoms with Gasteiger partial charge in [-0.25, -0.2) is 4.98 Å². The second-order valence-electron chi connectivity index (χ2n) is 4.79. The van der Waals surface area contributed by atoms with Gasteiger partial charge in [-0.15, -0.1) is 22.7 Å². The van der Waals surface area contributed by atoms with Crippen molar-refractivity contribution in [2.75, 3.05) is 6.54 Å². The van der Waals surface area contributed by atoms with Crippen molar-refractivity contribution in [3.05, 3.63) is 27.9 Å². The van der Waals surface area contributed by atoms with Gasteiger partial charge >= 0.3 is 0 Å². The van der Waals surface area contributed by atoms with Crippen molar-refractivity contribution in [1.82, 2.24) is 10.3 Å². The Balaban J connectivity index is 1.57. The van der Waals surface area contributed by atoms with Crippen LogP contribution in [0.1, 0.15) is 30.7 Å². The maximum absolute atomic E-state index is 4.74. The lowest BCUT2D eigenvalue weighted by Gasteiger charge is -2.22. The topological polar surface area (TPSA) is 24.9 Å². The molecule has 1 unspecified atom stereocenters. The summed E-state index contributed by atoms with van der Waals surface area (Å²) in [6.45, 7) is 1.20. The van der Waals surface area contributed by atoms with Crippen LogP contribution in [0.4, 0.5) is 0 Å². The highest BCUT2D eigenvalue weighted by Crippen LogP contribution is 2.26. The highest BCUT2D eigenvalue weighted by Gasteiger charge is 2.13. The molecule has 0 radical (unpaired) electrons. The third-order valence-corrected chi connectivity index (χ3v) is 5.25. The van der Waals surface area contributed by atoms with E-state index >= 15 is 0 Å². The molecule has 0 aromatic carbocycles. The van der Waals surface area contributed by atoms with Crippen LogP contribution in [0.15, 0.2) is 22.9 Å². The molecule has 1 atom stereocenters. The summed E-state index contributed by atoms with van der Waals surface area (Å²) >= 11 is 3.57. The number of hydrogen-bond acceptors (Lipinski definition) is 4. The Morgan fingerprint density at radius 3 is 3.11 bits per heavy atom. The highest BCUT2D eigenvalue weighted by atomic mass is 32.1. The molecule has 3 heterocycles. The van der Waals surface area contributed by atoms with Gasteiger partial charge in [-0.2, -0.15) is 0 Å². The number of thiophene rings is 1. The first-order chi connectivity index (χ1) is 8.92. The largest absolute Gasteiger partial charge is 0.314 e. The Kier molecular flexibility index (Phi) is 4.08. The number of thiazole rings is 1. The van der Waals surface area contributed by atoms with E-state index in [0.717, 1.165) is 12.1 Å². The second kappa shape index (κ2) is 5.95. The average Bonchev–Trinajstić information content (AvgIpc) is 3.08. The van der Waals surface area contributed by atoms with Gasteiger partial charge in [-0.3, -0.25) is 0 Å². The lowest BCUT2D eigenvalue weighted by Crippen LogP contribution is -2.34. The van der Waals surface area contributed by atoms with E-state index in [1.54, 1.807) is 22.7 Å². The zero-order chi connectivity index (χ0) is 12.2. The number of rotatable bonds is 4. The molecule has 1 saturated heterocycles. The molecule has 0 spiro atoms. The molecule has 1 N–H and O–H groups in total. The van der Waals surface area contributed by atoms with Gasteiger partial charge in [0.05, 0.1) is 15.6 Å². The average molecular weight is 278 g/mol. The summed E-state index contributed by atoms with van der Waals surface area (Å²) in [6.07, 6.45) is 6.42. The highest BCUT2D eigenvalue weighted by molar-refractivity contribution is 7.14. The molecule has 3 rings (SSSR count). The summed E-state index contributed by atoms with van der Waals surface area (Å²) in [5.41, 5.74) is 1.15. The van der Waals surface area contributed by atoms with Crippen molar-refractivity contribution in [2.45, 2.75) is 38.1 Å². The SMILES string of the molecule is c1csc(-c2csc(CCC3CCCCN3)n2)c1. The molecule has 0 aliphatic carbocycles. The van der Waals surface area contributed by atoms with Crippen LogP contribution in [0.25, 0.3) is 10.6 Å². The zero-order valence-corrected chi connectivity index (χ0v) is 12.0. The first-order valence-corrected chi connectivity index (χ1v) is 8.39. The van der Waals surface area contributed by atoms with E-state index in [4.69, 9.17) is 4.98 Å². The molecule has 1 aliphatic heterocycles. The van der Waals surface area contributed by atoms with Crippen LogP contribution in [0, 0.1) is 0 Å². The molecule has 1 aliphatic rings. The summed E-state index contributed by atoms with van der Waals surface area (Å²) < 4.78 is 0. The Labute approximate surface area is 116 Å². The number of nitrogens with one attached hydrogen (secondary N) is 1. The smallest absolute Gasteiger partial charge is 0.0933 e. The van der Waals surface area contributed by atoms with Gasteiger partial charge in [0, 0.05) is 17.8 Å². The van der Waals surface area contributed by atoms with Gasteiger partial charge in [-0.1, -0.05) is 12.5 Å². The van der Waals surface area contributed by atoms with E-state index in [-0.39, 0.29) is 0 Å². The first kappa shape index (κ1) is 12.3. The number of aromatic nitrogens is 1. The fourth-order valence-corrected chi connectivity index (χ4v) is 4.01. The molecule has 18 heavy (non-hydrogen) atoms. The molecule has 0 saturated carbocycles. The summed E-state index contributed by atoms with van der Waals surface area (Å²) in [5, 5.41) is 9.19. The van der Waals surface area contributed by atoms with Gasteiger partial charge in [0.15, 0.2) is 0 Å². The van der Waals surface area contributed by atoms with Gasteiger partial charge in [0.2, 0.25) is 0 Å². The van der Waals surface area contributed by atoms with Crippen molar-refractivity contribution < 1.29 is 0 Å². The van der Waals surface area contributed by atoms with Crippen LogP contribution in [-0.4, -0.2) is 17.6 Å². The molecule has 2 aromatic heterocycles. The number of piperidine rings is 1. The molecular formula is C14H18N2S2. The minimum absolute atomic E-state index is 0.716. The van der Waals surface area contributed by atoms with Gasteiger partial charge in [0.25, 0.3) is 0 Å². The van der Waals surface area contributed by atoms with E-state index in [1.165, 1.54) is 42.1 Å². The van der Waals surface area contributed by atoms with Crippen LogP contribution in [-0.2, 0) is 6.42 Å². The minimum Gasteiger partial charge on any atom is -0.314 e. The van der Waals surface area contributed by atoms with Crippen molar-refractivity contribution in [3.63, 3.8) is 0 Å². The summed E-state index contributed by atoms with van der Waals surface area (Å²) in [5.74, 6) is 0. The molecule has 2 nitrogen and oxygen atoms in total. The van der Waals surface area contributed by atoms with Crippen molar-refractivity contribution in [3.8, 4) is 10.6 Å². The van der Waals surface area contributed by atoms with E-state index in [2.05, 4.69) is 28.2 Å². The van der Waals surface area contributed by atoms with Gasteiger partial charge < -0.3 is 5.32 Å². The van der Waals surface area contributed by atoms with Gasteiger partial charge in [0.1, 0.15) is 0 Å². The lowest BCUT2D eigenvalue weighted by atomic mass is 10.0. The number of aryl methyl sites for hydroxylation is 1. The Morgan fingerprint density at radius 1 is 1.33 bits per heavy atom. The monoisotopic (exact) mass is 278 g/mol. The molecule has 96 valence electrons. The Bertz CT molecular complexity index is 470. The zero-order valence-electron chi connectivity index (χ0n) is 10.4. The van der Waals surface area contributed by atoms with Crippen molar-refractivity contribution in [2.24, 2.45) is 0 Å². The predicted octanol–water partition coefficient (Wildman–Crippen LogP) is 3.95. The van der Waals surface area contributed by atoms with E-state index < -0.39 is 0 Å². The van der Waals surface area contributed by atoms with E-state index in [1.807, 2.05) is 0 Å². The molecule has 0 bridgehead atoms. The van der Waals surface area contributed by atoms with Crippen LogP contribution in [0.2, 0.25) is 0 Å². The number of hydrogen-bond donors (Lipinski definition) is 1. The summed E-state index contributed by atoms with van der Waals surface area (Å²) in [6, 6.07) is 4.95. The maximum atomic E-state index is 4.74. The molecule has 4 heteroatoms. The second-order valence-corrected chi connectivity index (χ2v) is 6.68. The van der Waals surface area contributed by atoms with Crippen molar-refractivity contribution in [1.29, 1.82) is 0 Å². The lowest BCUT2D eigenvalue weighted by molar-refractivity contribution is 0.382. The van der Waals surface area contributed by atoms with E-state index in [0.29, 0.717) is 6.04 Å². The summed E-state index contributed by atoms with van der Waals surface area (Å²) in [4.78, 5) is 6.02. The molecule has 1 fully saturated rings. The van der Waals surface area contributed by atoms with Crippen LogP contribution in [0.3, 0.4) is 0 Å². The van der Waals surface area contributed by atoms with Crippen LogP contribution >= 0.6 is 22.7 Å². The van der Waals surface area contributed by atoms with Crippen LogP contribution in [0.5, 0.6) is 0 Å². The normalized spacial score (nSPS) is 20.1. The third kappa shape index (κ3) is 2.99. The molecule has 0 amide bonds. The fraction of sp³-hybridized carbons (Fsp3) is 0.500. The minimum atomic E-state index is 0.716. The quantitative estimate of drug-likeness (QED) is 0.916. The maximum Gasteiger partial charge on any atom is 0.0933 e. The first-order valence-electron chi connectivity index (χ1n) is 6.63. The van der Waals surface area contributed by atoms with Crippen molar-refractivity contribution >= 4 is 22.7 Å². The molecular weight excluding hydrogens is 260 g/mol. The number of nitrogens with zero attached hydrogens (tertiary/aromatic N) is 1. The van der Waals surface area contributed by atoms with E-state index in [9.17, 15) is 0 Å². The van der Waals surface area contributed by atoms with Gasteiger partial charge in [-0.05, 0) is 37.3 Å². The fourth-order valence-electron chi connectivity index (χ4n) is 2.43. The molecule has 2 aromatic rings. The van der Waals surface area contributed by atoms with Crippen LogP contribution < -0.4 is 5.32 Å². The standard InChI is InChI=1S/C14H18N2S2/c1-2-8-15-11(4-1)6-7-14-16-12(10-18-14)13-5-3-9-17-13/h3,5,9-11,15H,1-2,4,6-8H2. The Hall–Kier alpha value is -0.710.